The van der Waals surface area contributed by atoms with Gasteiger partial charge < -0.3 is 14.6 Å². The molecule has 1 N–H and O–H groups in total. The quantitative estimate of drug-likeness (QED) is 0.926. The third kappa shape index (κ3) is 3.46. The van der Waals surface area contributed by atoms with Crippen LogP contribution in [0, 0.1) is 6.92 Å². The summed E-state index contributed by atoms with van der Waals surface area (Å²) in [6.45, 7) is 1.85. The SMILES string of the molecule is COC1CCC(NC(=O)c2nc(-c3cncn3C)ncc2C)CC1. The van der Waals surface area contributed by atoms with E-state index in [1.165, 1.54) is 0 Å². The summed E-state index contributed by atoms with van der Waals surface area (Å²) in [7, 11) is 3.62. The fourth-order valence-electron chi connectivity index (χ4n) is 3.06. The van der Waals surface area contributed by atoms with Gasteiger partial charge in [0.2, 0.25) is 0 Å². The molecule has 2 heterocycles. The van der Waals surface area contributed by atoms with E-state index in [9.17, 15) is 4.79 Å². The monoisotopic (exact) mass is 329 g/mol. The highest BCUT2D eigenvalue weighted by atomic mass is 16.5. The summed E-state index contributed by atoms with van der Waals surface area (Å²) in [5, 5.41) is 3.10. The molecule has 1 amide bonds. The van der Waals surface area contributed by atoms with E-state index >= 15 is 0 Å². The highest BCUT2D eigenvalue weighted by molar-refractivity contribution is 5.94. The summed E-state index contributed by atoms with van der Waals surface area (Å²) in [6, 6.07) is 0.179. The van der Waals surface area contributed by atoms with Crippen LogP contribution >= 0.6 is 0 Å². The number of nitrogens with zero attached hydrogens (tertiary/aromatic N) is 4. The Bertz CT molecular complexity index is 720. The van der Waals surface area contributed by atoms with Crippen LogP contribution in [0.1, 0.15) is 41.7 Å². The number of aryl methyl sites for hydroxylation is 2. The van der Waals surface area contributed by atoms with Crippen molar-refractivity contribution in [3.05, 3.63) is 30.0 Å². The van der Waals surface area contributed by atoms with Crippen molar-refractivity contribution in [3.63, 3.8) is 0 Å². The van der Waals surface area contributed by atoms with Crippen LogP contribution < -0.4 is 5.32 Å². The third-order valence-electron chi connectivity index (χ3n) is 4.58. The Morgan fingerprint density at radius 2 is 2.04 bits per heavy atom. The number of nitrogens with one attached hydrogen (secondary N) is 1. The zero-order chi connectivity index (χ0) is 17.1. The van der Waals surface area contributed by atoms with Gasteiger partial charge in [0.15, 0.2) is 5.82 Å². The summed E-state index contributed by atoms with van der Waals surface area (Å²) in [6.07, 6.45) is 9.20. The number of methoxy groups -OCH3 is 1. The lowest BCUT2D eigenvalue weighted by molar-refractivity contribution is 0.0598. The maximum atomic E-state index is 12.6. The van der Waals surface area contributed by atoms with E-state index < -0.39 is 0 Å². The molecule has 7 nitrogen and oxygen atoms in total. The van der Waals surface area contributed by atoms with Crippen LogP contribution in [0.3, 0.4) is 0 Å². The van der Waals surface area contributed by atoms with Crippen LogP contribution in [0.5, 0.6) is 0 Å². The first-order valence-electron chi connectivity index (χ1n) is 8.22. The van der Waals surface area contributed by atoms with Crippen LogP contribution in [-0.2, 0) is 11.8 Å². The van der Waals surface area contributed by atoms with Gasteiger partial charge in [-0.3, -0.25) is 4.79 Å². The Morgan fingerprint density at radius 1 is 1.29 bits per heavy atom. The van der Waals surface area contributed by atoms with Crippen LogP contribution in [0.15, 0.2) is 18.7 Å². The number of ether oxygens (including phenoxy) is 1. The smallest absolute Gasteiger partial charge is 0.270 e. The number of imidazole rings is 1. The van der Waals surface area contributed by atoms with Crippen LogP contribution in [0.4, 0.5) is 0 Å². The van der Waals surface area contributed by atoms with Crippen LogP contribution in [0.2, 0.25) is 0 Å². The molecule has 7 heteroatoms. The molecule has 0 unspecified atom stereocenters. The second-order valence-electron chi connectivity index (χ2n) is 6.30. The molecule has 1 fully saturated rings. The second kappa shape index (κ2) is 7.09. The molecular weight excluding hydrogens is 306 g/mol. The van der Waals surface area contributed by atoms with Crippen molar-refractivity contribution in [2.24, 2.45) is 7.05 Å². The molecule has 0 saturated heterocycles. The molecule has 0 aromatic carbocycles. The van der Waals surface area contributed by atoms with Crippen molar-refractivity contribution in [1.82, 2.24) is 24.8 Å². The van der Waals surface area contributed by atoms with E-state index in [0.29, 0.717) is 17.6 Å². The molecule has 0 aliphatic heterocycles. The fourth-order valence-corrected chi connectivity index (χ4v) is 3.06. The lowest BCUT2D eigenvalue weighted by Crippen LogP contribution is -2.39. The average molecular weight is 329 g/mol. The van der Waals surface area contributed by atoms with Crippen molar-refractivity contribution < 1.29 is 9.53 Å². The van der Waals surface area contributed by atoms with Gasteiger partial charge >= 0.3 is 0 Å². The first-order valence-corrected chi connectivity index (χ1v) is 8.22. The summed E-state index contributed by atoms with van der Waals surface area (Å²) >= 11 is 0. The van der Waals surface area contributed by atoms with Gasteiger partial charge in [0.25, 0.3) is 5.91 Å². The Labute approximate surface area is 141 Å². The summed E-state index contributed by atoms with van der Waals surface area (Å²) in [4.78, 5) is 25.5. The highest BCUT2D eigenvalue weighted by Crippen LogP contribution is 2.21. The molecule has 128 valence electrons. The maximum absolute atomic E-state index is 12.6. The van der Waals surface area contributed by atoms with Crippen molar-refractivity contribution in [1.29, 1.82) is 0 Å². The topological polar surface area (TPSA) is 81.9 Å². The molecule has 24 heavy (non-hydrogen) atoms. The number of amides is 1. The normalized spacial score (nSPS) is 20.8. The minimum atomic E-state index is -0.140. The summed E-state index contributed by atoms with van der Waals surface area (Å²) in [5.74, 6) is 0.369. The van der Waals surface area contributed by atoms with Gasteiger partial charge in [-0.15, -0.1) is 0 Å². The van der Waals surface area contributed by atoms with E-state index in [1.54, 1.807) is 25.8 Å². The second-order valence-corrected chi connectivity index (χ2v) is 6.30. The zero-order valence-corrected chi connectivity index (χ0v) is 14.3. The maximum Gasteiger partial charge on any atom is 0.270 e. The predicted octanol–water partition coefficient (Wildman–Crippen LogP) is 1.87. The first-order chi connectivity index (χ1) is 11.6. The van der Waals surface area contributed by atoms with Gasteiger partial charge in [-0.25, -0.2) is 15.0 Å². The average Bonchev–Trinajstić information content (AvgIpc) is 3.02. The van der Waals surface area contributed by atoms with Gasteiger partial charge in [-0.1, -0.05) is 0 Å². The van der Waals surface area contributed by atoms with Gasteiger partial charge in [0.05, 0.1) is 18.6 Å². The van der Waals surface area contributed by atoms with E-state index in [4.69, 9.17) is 4.74 Å². The molecular formula is C17H23N5O2. The lowest BCUT2D eigenvalue weighted by Gasteiger charge is -2.28. The number of carbonyl (C=O) groups is 1. The third-order valence-corrected chi connectivity index (χ3v) is 4.58. The molecule has 1 saturated carbocycles. The molecule has 2 aromatic rings. The molecule has 1 aliphatic carbocycles. The minimum Gasteiger partial charge on any atom is -0.381 e. The van der Waals surface area contributed by atoms with Gasteiger partial charge in [0.1, 0.15) is 11.4 Å². The van der Waals surface area contributed by atoms with E-state index in [0.717, 1.165) is 36.9 Å². The predicted molar refractivity (Wildman–Crippen MR) is 89.5 cm³/mol. The zero-order valence-electron chi connectivity index (χ0n) is 14.3. The largest absolute Gasteiger partial charge is 0.381 e. The highest BCUT2D eigenvalue weighted by Gasteiger charge is 2.24. The summed E-state index contributed by atoms with van der Waals surface area (Å²) < 4.78 is 7.21. The van der Waals surface area contributed by atoms with Gasteiger partial charge in [-0.2, -0.15) is 0 Å². The molecule has 1 aliphatic rings. The van der Waals surface area contributed by atoms with E-state index in [1.807, 2.05) is 18.5 Å². The molecule has 2 aromatic heterocycles. The van der Waals surface area contributed by atoms with E-state index in [-0.39, 0.29) is 11.9 Å². The van der Waals surface area contributed by atoms with Crippen molar-refractivity contribution in [3.8, 4) is 11.5 Å². The Kier molecular flexibility index (Phi) is 4.89. The fraction of sp³-hybridized carbons (Fsp3) is 0.529. The number of carbonyl (C=O) groups excluding carboxylic acids is 1. The molecule has 0 bridgehead atoms. The van der Waals surface area contributed by atoms with Crippen LogP contribution in [0.25, 0.3) is 11.5 Å². The van der Waals surface area contributed by atoms with Crippen molar-refractivity contribution in [2.75, 3.05) is 7.11 Å². The first kappa shape index (κ1) is 16.6. The van der Waals surface area contributed by atoms with Crippen molar-refractivity contribution in [2.45, 2.75) is 44.8 Å². The van der Waals surface area contributed by atoms with Gasteiger partial charge in [-0.05, 0) is 38.2 Å². The Hall–Kier alpha value is -2.28. The molecule has 0 radical (unpaired) electrons. The van der Waals surface area contributed by atoms with Gasteiger partial charge in [0, 0.05) is 26.4 Å². The van der Waals surface area contributed by atoms with Crippen molar-refractivity contribution >= 4 is 5.91 Å². The Morgan fingerprint density at radius 3 is 2.67 bits per heavy atom. The number of aromatic nitrogens is 4. The number of hydrogen-bond donors (Lipinski definition) is 1. The Balaban J connectivity index is 1.74. The molecule has 0 atom stereocenters. The molecule has 3 rings (SSSR count). The minimum absolute atomic E-state index is 0.140. The van der Waals surface area contributed by atoms with Crippen LogP contribution in [-0.4, -0.2) is 44.7 Å². The van der Waals surface area contributed by atoms with E-state index in [2.05, 4.69) is 20.3 Å². The summed E-state index contributed by atoms with van der Waals surface area (Å²) in [5.41, 5.74) is 1.98. The molecule has 0 spiro atoms. The lowest BCUT2D eigenvalue weighted by atomic mass is 9.93. The standard InChI is InChI=1S/C17H23N5O2/c1-11-8-19-16(14-9-18-10-22(14)2)21-15(11)17(23)20-12-4-6-13(24-3)7-5-12/h8-10,12-13H,4-7H2,1-3H3,(H,20,23). The number of rotatable bonds is 4. The number of hydrogen-bond acceptors (Lipinski definition) is 5.